The summed E-state index contributed by atoms with van der Waals surface area (Å²) in [6, 6.07) is 4.29. The number of piperazine rings is 1. The van der Waals surface area contributed by atoms with Gasteiger partial charge >= 0.3 is 0 Å². The number of aromatic amines is 1. The van der Waals surface area contributed by atoms with Crippen molar-refractivity contribution in [1.82, 2.24) is 29.8 Å². The molecule has 1 aliphatic rings. The molecule has 1 aliphatic heterocycles. The van der Waals surface area contributed by atoms with Crippen molar-refractivity contribution in [1.29, 1.82) is 0 Å². The number of nitrogens with zero attached hydrogens (tertiary/aromatic N) is 6. The highest BCUT2D eigenvalue weighted by Crippen LogP contribution is 2.23. The predicted molar refractivity (Wildman–Crippen MR) is 97.2 cm³/mol. The maximum atomic E-state index is 5.82. The number of hydrogen-bond acceptors (Lipinski definition) is 7. The number of aryl methyl sites for hydroxylation is 1. The number of nitrogens with two attached hydrogens (primary N) is 1. The largest absolute Gasteiger partial charge is 0.368 e. The summed E-state index contributed by atoms with van der Waals surface area (Å²) in [7, 11) is 0. The Bertz CT molecular complexity index is 849. The second-order valence-corrected chi connectivity index (χ2v) is 6.28. The second kappa shape index (κ2) is 6.64. The van der Waals surface area contributed by atoms with Gasteiger partial charge in [-0.1, -0.05) is 13.0 Å². The highest BCUT2D eigenvalue weighted by Gasteiger charge is 2.21. The number of anilines is 2. The van der Waals surface area contributed by atoms with Gasteiger partial charge in [0.25, 0.3) is 0 Å². The van der Waals surface area contributed by atoms with Crippen LogP contribution >= 0.6 is 0 Å². The van der Waals surface area contributed by atoms with Gasteiger partial charge in [0, 0.05) is 38.9 Å². The highest BCUT2D eigenvalue weighted by atomic mass is 15.3. The number of H-pyrrole nitrogens is 1. The summed E-state index contributed by atoms with van der Waals surface area (Å²) in [6.45, 7) is 6.71. The first-order valence-electron chi connectivity index (χ1n) is 8.60. The van der Waals surface area contributed by atoms with Crippen LogP contribution in [0.4, 0.5) is 11.8 Å². The molecule has 0 atom stereocenters. The number of pyridine rings is 1. The highest BCUT2D eigenvalue weighted by molar-refractivity contribution is 5.84. The molecular weight excluding hydrogens is 316 g/mol. The monoisotopic (exact) mass is 338 g/mol. The maximum Gasteiger partial charge on any atom is 0.224 e. The number of fused-ring (bicyclic) bond motifs is 1. The first-order chi connectivity index (χ1) is 12.2. The fraction of sp³-hybridized carbons (Fsp3) is 0.412. The van der Waals surface area contributed by atoms with E-state index in [0.717, 1.165) is 56.2 Å². The topological polar surface area (TPSA) is 99.9 Å². The SMILES string of the molecule is CCc1ccc(CN2CCN(c3nc(N)nc4nc[nH]c34)CC2)nc1. The Kier molecular flexibility index (Phi) is 4.19. The van der Waals surface area contributed by atoms with Crippen LogP contribution in [0, 0.1) is 0 Å². The zero-order valence-electron chi connectivity index (χ0n) is 14.3. The minimum absolute atomic E-state index is 0.261. The maximum absolute atomic E-state index is 5.82. The average molecular weight is 338 g/mol. The predicted octanol–water partition coefficient (Wildman–Crippen LogP) is 1.21. The summed E-state index contributed by atoms with van der Waals surface area (Å²) in [5.41, 5.74) is 9.68. The summed E-state index contributed by atoms with van der Waals surface area (Å²) in [5.74, 6) is 1.10. The minimum Gasteiger partial charge on any atom is -0.368 e. The lowest BCUT2D eigenvalue weighted by molar-refractivity contribution is 0.246. The van der Waals surface area contributed by atoms with Gasteiger partial charge in [0.05, 0.1) is 12.0 Å². The van der Waals surface area contributed by atoms with Gasteiger partial charge < -0.3 is 15.6 Å². The van der Waals surface area contributed by atoms with Gasteiger partial charge in [-0.15, -0.1) is 0 Å². The fourth-order valence-corrected chi connectivity index (χ4v) is 3.17. The van der Waals surface area contributed by atoms with Crippen molar-refractivity contribution in [2.45, 2.75) is 19.9 Å². The van der Waals surface area contributed by atoms with Gasteiger partial charge in [0.15, 0.2) is 11.5 Å². The average Bonchev–Trinajstić information content (AvgIpc) is 3.11. The Balaban J connectivity index is 1.43. The Hall–Kier alpha value is -2.74. The molecule has 4 rings (SSSR count). The van der Waals surface area contributed by atoms with Crippen molar-refractivity contribution >= 4 is 22.9 Å². The molecule has 0 unspecified atom stereocenters. The van der Waals surface area contributed by atoms with Crippen LogP contribution in [0.2, 0.25) is 0 Å². The van der Waals surface area contributed by atoms with Crippen LogP contribution in [0.5, 0.6) is 0 Å². The Labute approximate surface area is 146 Å². The molecule has 1 saturated heterocycles. The Morgan fingerprint density at radius 1 is 1.12 bits per heavy atom. The molecular formula is C17H22N8. The lowest BCUT2D eigenvalue weighted by Crippen LogP contribution is -2.46. The molecule has 25 heavy (non-hydrogen) atoms. The van der Waals surface area contributed by atoms with E-state index >= 15 is 0 Å². The molecule has 0 amide bonds. The van der Waals surface area contributed by atoms with E-state index in [4.69, 9.17) is 5.73 Å². The molecule has 130 valence electrons. The quantitative estimate of drug-likeness (QED) is 0.737. The summed E-state index contributed by atoms with van der Waals surface area (Å²) >= 11 is 0. The van der Waals surface area contributed by atoms with E-state index in [0.29, 0.717) is 5.65 Å². The summed E-state index contributed by atoms with van der Waals surface area (Å²) in [4.78, 5) is 25.1. The summed E-state index contributed by atoms with van der Waals surface area (Å²) in [5, 5.41) is 0. The van der Waals surface area contributed by atoms with E-state index < -0.39 is 0 Å². The molecule has 4 heterocycles. The first kappa shape index (κ1) is 15.8. The molecule has 3 aromatic heterocycles. The van der Waals surface area contributed by atoms with Crippen LogP contribution in [-0.4, -0.2) is 56.0 Å². The van der Waals surface area contributed by atoms with E-state index in [1.807, 2.05) is 6.20 Å². The Morgan fingerprint density at radius 3 is 2.68 bits per heavy atom. The van der Waals surface area contributed by atoms with Crippen LogP contribution in [0.25, 0.3) is 11.2 Å². The number of nitrogens with one attached hydrogen (secondary N) is 1. The number of hydrogen-bond donors (Lipinski definition) is 2. The molecule has 3 aromatic rings. The second-order valence-electron chi connectivity index (χ2n) is 6.28. The molecule has 3 N–H and O–H groups in total. The van der Waals surface area contributed by atoms with Crippen molar-refractivity contribution < 1.29 is 0 Å². The lowest BCUT2D eigenvalue weighted by Gasteiger charge is -2.35. The van der Waals surface area contributed by atoms with Crippen LogP contribution in [0.15, 0.2) is 24.7 Å². The number of rotatable bonds is 4. The molecule has 0 radical (unpaired) electrons. The van der Waals surface area contributed by atoms with Crippen molar-refractivity contribution in [2.24, 2.45) is 0 Å². The molecule has 0 bridgehead atoms. The van der Waals surface area contributed by atoms with Crippen molar-refractivity contribution in [3.63, 3.8) is 0 Å². The van der Waals surface area contributed by atoms with Gasteiger partial charge in [0.2, 0.25) is 5.95 Å². The third kappa shape index (κ3) is 3.25. The van der Waals surface area contributed by atoms with E-state index in [2.05, 4.69) is 53.8 Å². The lowest BCUT2D eigenvalue weighted by atomic mass is 10.2. The van der Waals surface area contributed by atoms with Gasteiger partial charge in [-0.3, -0.25) is 9.88 Å². The number of imidazole rings is 1. The molecule has 8 heteroatoms. The van der Waals surface area contributed by atoms with Crippen molar-refractivity contribution in [2.75, 3.05) is 36.8 Å². The van der Waals surface area contributed by atoms with E-state index in [9.17, 15) is 0 Å². The fourth-order valence-electron chi connectivity index (χ4n) is 3.17. The molecule has 0 aliphatic carbocycles. The molecule has 0 spiro atoms. The normalized spacial score (nSPS) is 15.8. The van der Waals surface area contributed by atoms with E-state index in [1.54, 1.807) is 6.33 Å². The van der Waals surface area contributed by atoms with Crippen molar-refractivity contribution in [3.8, 4) is 0 Å². The summed E-state index contributed by atoms with van der Waals surface area (Å²) < 4.78 is 0. The minimum atomic E-state index is 0.261. The van der Waals surface area contributed by atoms with Crippen LogP contribution in [0.1, 0.15) is 18.2 Å². The number of nitrogen functional groups attached to an aromatic ring is 1. The third-order valence-corrected chi connectivity index (χ3v) is 4.64. The molecule has 1 fully saturated rings. The van der Waals surface area contributed by atoms with Crippen LogP contribution < -0.4 is 10.6 Å². The number of aromatic nitrogens is 5. The van der Waals surface area contributed by atoms with Gasteiger partial charge in [-0.25, -0.2) is 4.98 Å². The van der Waals surface area contributed by atoms with Gasteiger partial charge in [0.1, 0.15) is 5.52 Å². The zero-order valence-corrected chi connectivity index (χ0v) is 14.3. The van der Waals surface area contributed by atoms with Gasteiger partial charge in [-0.05, 0) is 18.1 Å². The molecule has 0 aromatic carbocycles. The van der Waals surface area contributed by atoms with Crippen LogP contribution in [0.3, 0.4) is 0 Å². The van der Waals surface area contributed by atoms with Crippen molar-refractivity contribution in [3.05, 3.63) is 35.9 Å². The van der Waals surface area contributed by atoms with Crippen LogP contribution in [-0.2, 0) is 13.0 Å². The third-order valence-electron chi connectivity index (χ3n) is 4.64. The van der Waals surface area contributed by atoms with Gasteiger partial charge in [-0.2, -0.15) is 9.97 Å². The van der Waals surface area contributed by atoms with E-state index in [1.165, 1.54) is 5.56 Å². The first-order valence-corrected chi connectivity index (χ1v) is 8.60. The zero-order chi connectivity index (χ0) is 17.2. The molecule has 8 nitrogen and oxygen atoms in total. The summed E-state index contributed by atoms with van der Waals surface area (Å²) in [6.07, 6.45) is 4.63. The standard InChI is InChI=1S/C17H22N8/c1-2-12-3-4-13(19-9-12)10-24-5-7-25(8-6-24)16-14-15(21-11-20-14)22-17(18)23-16/h3-4,9,11H,2,5-8,10H2,1H3,(H3,18,20,21,22,23). The molecule has 0 saturated carbocycles. The Morgan fingerprint density at radius 2 is 1.96 bits per heavy atom. The smallest absolute Gasteiger partial charge is 0.224 e. The van der Waals surface area contributed by atoms with E-state index in [-0.39, 0.29) is 5.95 Å².